The van der Waals surface area contributed by atoms with Crippen LogP contribution in [0.3, 0.4) is 0 Å². The fourth-order valence-electron chi connectivity index (χ4n) is 1.82. The van der Waals surface area contributed by atoms with Crippen molar-refractivity contribution in [1.29, 1.82) is 5.26 Å². The third-order valence-electron chi connectivity index (χ3n) is 2.88. The van der Waals surface area contributed by atoms with Gasteiger partial charge in [-0.25, -0.2) is 0 Å². The maximum atomic E-state index is 11.3. The monoisotopic (exact) mass is 266 g/mol. The average Bonchev–Trinajstić information content (AvgIpc) is 2.45. The molecule has 0 aliphatic carbocycles. The first-order chi connectivity index (χ1) is 9.60. The van der Waals surface area contributed by atoms with Gasteiger partial charge in [0.1, 0.15) is 0 Å². The van der Waals surface area contributed by atoms with E-state index < -0.39 is 5.91 Å². The fourth-order valence-corrected chi connectivity index (χ4v) is 1.82. The lowest BCUT2D eigenvalue weighted by Gasteiger charge is -2.11. The van der Waals surface area contributed by atoms with Gasteiger partial charge in [0.25, 0.3) is 5.91 Å². The van der Waals surface area contributed by atoms with Crippen molar-refractivity contribution in [3.05, 3.63) is 59.2 Å². The molecule has 5 N–H and O–H groups in total. The quantitative estimate of drug-likeness (QED) is 0.734. The summed E-state index contributed by atoms with van der Waals surface area (Å²) in [4.78, 5) is 11.3. The average molecular weight is 266 g/mol. The molecule has 0 saturated heterocycles. The number of benzene rings is 2. The largest absolute Gasteiger partial charge is 0.399 e. The number of anilines is 2. The van der Waals surface area contributed by atoms with Crippen LogP contribution in [0.25, 0.3) is 0 Å². The highest BCUT2D eigenvalue weighted by Crippen LogP contribution is 2.19. The Labute approximate surface area is 116 Å². The minimum Gasteiger partial charge on any atom is -0.399 e. The fraction of sp³-hybridized carbons (Fsp3) is 0.0667. The molecule has 0 radical (unpaired) electrons. The first kappa shape index (κ1) is 13.4. The van der Waals surface area contributed by atoms with Crippen LogP contribution < -0.4 is 16.8 Å². The van der Waals surface area contributed by atoms with E-state index in [4.69, 9.17) is 16.7 Å². The van der Waals surface area contributed by atoms with E-state index in [0.29, 0.717) is 29.0 Å². The number of nitrogens with one attached hydrogen (secondary N) is 1. The summed E-state index contributed by atoms with van der Waals surface area (Å²) in [5.41, 5.74) is 14.2. The Balaban J connectivity index is 2.15. The highest BCUT2D eigenvalue weighted by Gasteiger charge is 2.08. The number of nitrogens with two attached hydrogens (primary N) is 2. The zero-order valence-corrected chi connectivity index (χ0v) is 10.8. The van der Waals surface area contributed by atoms with Crippen molar-refractivity contribution < 1.29 is 4.79 Å². The minimum absolute atomic E-state index is 0.396. The van der Waals surface area contributed by atoms with E-state index in [1.807, 2.05) is 12.1 Å². The normalized spacial score (nSPS) is 9.75. The molecule has 0 spiro atoms. The molecule has 100 valence electrons. The van der Waals surface area contributed by atoms with Gasteiger partial charge < -0.3 is 16.8 Å². The maximum absolute atomic E-state index is 11.3. The van der Waals surface area contributed by atoms with E-state index in [9.17, 15) is 4.79 Å². The van der Waals surface area contributed by atoms with Gasteiger partial charge in [-0.2, -0.15) is 5.26 Å². The van der Waals surface area contributed by atoms with Crippen LogP contribution in [-0.2, 0) is 6.54 Å². The summed E-state index contributed by atoms with van der Waals surface area (Å²) in [6.45, 7) is 0.509. The molecule has 2 rings (SSSR count). The topological polar surface area (TPSA) is 105 Å². The molecule has 2 aromatic carbocycles. The third kappa shape index (κ3) is 3.06. The number of nitrogens with zero attached hydrogens (tertiary/aromatic N) is 1. The van der Waals surface area contributed by atoms with Gasteiger partial charge in [0.2, 0.25) is 0 Å². The summed E-state index contributed by atoms with van der Waals surface area (Å²) in [6.07, 6.45) is 0. The van der Waals surface area contributed by atoms with E-state index in [1.165, 1.54) is 0 Å². The number of hydrogen-bond donors (Lipinski definition) is 3. The van der Waals surface area contributed by atoms with E-state index in [-0.39, 0.29) is 0 Å². The number of nitrogen functional groups attached to an aromatic ring is 1. The number of hydrogen-bond acceptors (Lipinski definition) is 4. The molecule has 5 nitrogen and oxygen atoms in total. The van der Waals surface area contributed by atoms with E-state index in [2.05, 4.69) is 11.4 Å². The molecule has 0 fully saturated rings. The molecule has 5 heteroatoms. The van der Waals surface area contributed by atoms with Crippen LogP contribution in [0.15, 0.2) is 42.5 Å². The third-order valence-corrected chi connectivity index (χ3v) is 2.88. The van der Waals surface area contributed by atoms with Crippen molar-refractivity contribution in [2.45, 2.75) is 6.54 Å². The Morgan fingerprint density at radius 2 is 1.90 bits per heavy atom. The van der Waals surface area contributed by atoms with Crippen molar-refractivity contribution >= 4 is 17.3 Å². The SMILES string of the molecule is N#Cc1ccc(CNc2cc(N)ccc2C(N)=O)cc1. The molecule has 20 heavy (non-hydrogen) atoms. The maximum Gasteiger partial charge on any atom is 0.250 e. The zero-order chi connectivity index (χ0) is 14.5. The Bertz CT molecular complexity index is 671. The molecule has 0 aliphatic rings. The summed E-state index contributed by atoms with van der Waals surface area (Å²) in [6, 6.07) is 14.1. The van der Waals surface area contributed by atoms with Gasteiger partial charge in [-0.15, -0.1) is 0 Å². The molecule has 1 amide bonds. The van der Waals surface area contributed by atoms with E-state index in [0.717, 1.165) is 5.56 Å². The minimum atomic E-state index is -0.507. The zero-order valence-electron chi connectivity index (χ0n) is 10.8. The lowest BCUT2D eigenvalue weighted by Crippen LogP contribution is -2.14. The predicted molar refractivity (Wildman–Crippen MR) is 77.9 cm³/mol. The van der Waals surface area contributed by atoms with Crippen molar-refractivity contribution in [3.63, 3.8) is 0 Å². The van der Waals surface area contributed by atoms with Gasteiger partial charge >= 0.3 is 0 Å². The van der Waals surface area contributed by atoms with Gasteiger partial charge in [-0.05, 0) is 35.9 Å². The molecule has 0 aliphatic heterocycles. The van der Waals surface area contributed by atoms with Crippen LogP contribution in [0.2, 0.25) is 0 Å². The predicted octanol–water partition coefficient (Wildman–Crippen LogP) is 1.85. The standard InChI is InChI=1S/C15H14N4O/c16-8-10-1-3-11(4-2-10)9-19-14-7-12(17)5-6-13(14)15(18)20/h1-7,19H,9,17H2,(H2,18,20). The summed E-state index contributed by atoms with van der Waals surface area (Å²) in [7, 11) is 0. The summed E-state index contributed by atoms with van der Waals surface area (Å²) < 4.78 is 0. The number of rotatable bonds is 4. The number of nitriles is 1. The molecule has 0 bridgehead atoms. The second-order valence-corrected chi connectivity index (χ2v) is 4.33. The first-order valence-corrected chi connectivity index (χ1v) is 6.02. The molecule has 2 aromatic rings. The lowest BCUT2D eigenvalue weighted by molar-refractivity contribution is 0.100. The van der Waals surface area contributed by atoms with Crippen molar-refractivity contribution in [2.75, 3.05) is 11.1 Å². The van der Waals surface area contributed by atoms with E-state index >= 15 is 0 Å². The number of carbonyl (C=O) groups excluding carboxylic acids is 1. The number of carbonyl (C=O) groups is 1. The Morgan fingerprint density at radius 1 is 1.20 bits per heavy atom. The van der Waals surface area contributed by atoms with Gasteiger partial charge in [0.15, 0.2) is 0 Å². The molecular weight excluding hydrogens is 252 g/mol. The van der Waals surface area contributed by atoms with Gasteiger partial charge in [-0.1, -0.05) is 12.1 Å². The molecular formula is C15H14N4O. The van der Waals surface area contributed by atoms with Crippen LogP contribution >= 0.6 is 0 Å². The molecule has 0 atom stereocenters. The van der Waals surface area contributed by atoms with Crippen molar-refractivity contribution in [2.24, 2.45) is 5.73 Å². The van der Waals surface area contributed by atoms with E-state index in [1.54, 1.807) is 30.3 Å². The second-order valence-electron chi connectivity index (χ2n) is 4.33. The molecule has 0 saturated carbocycles. The molecule has 0 heterocycles. The first-order valence-electron chi connectivity index (χ1n) is 6.02. The second kappa shape index (κ2) is 5.76. The van der Waals surface area contributed by atoms with Crippen LogP contribution in [0.4, 0.5) is 11.4 Å². The number of primary amides is 1. The van der Waals surface area contributed by atoms with Crippen LogP contribution in [-0.4, -0.2) is 5.91 Å². The van der Waals surface area contributed by atoms with Gasteiger partial charge in [0, 0.05) is 17.9 Å². The highest BCUT2D eigenvalue weighted by atomic mass is 16.1. The molecule has 0 unspecified atom stereocenters. The number of amides is 1. The summed E-state index contributed by atoms with van der Waals surface area (Å²) in [5, 5.41) is 11.9. The highest BCUT2D eigenvalue weighted by molar-refractivity contribution is 5.99. The summed E-state index contributed by atoms with van der Waals surface area (Å²) >= 11 is 0. The molecule has 0 aromatic heterocycles. The van der Waals surface area contributed by atoms with Crippen molar-refractivity contribution in [3.8, 4) is 6.07 Å². The smallest absolute Gasteiger partial charge is 0.250 e. The Hall–Kier alpha value is -3.00. The van der Waals surface area contributed by atoms with Gasteiger partial charge in [-0.3, -0.25) is 4.79 Å². The van der Waals surface area contributed by atoms with Crippen LogP contribution in [0.5, 0.6) is 0 Å². The van der Waals surface area contributed by atoms with Crippen LogP contribution in [0.1, 0.15) is 21.5 Å². The van der Waals surface area contributed by atoms with Crippen molar-refractivity contribution in [1.82, 2.24) is 0 Å². The van der Waals surface area contributed by atoms with Crippen LogP contribution in [0, 0.1) is 11.3 Å². The van der Waals surface area contributed by atoms with Gasteiger partial charge in [0.05, 0.1) is 17.2 Å². The Kier molecular flexibility index (Phi) is 3.87. The lowest BCUT2D eigenvalue weighted by atomic mass is 10.1. The Morgan fingerprint density at radius 3 is 2.50 bits per heavy atom. The summed E-state index contributed by atoms with van der Waals surface area (Å²) in [5.74, 6) is -0.507.